The number of thioether (sulfide) groups is 1. The molecule has 0 fully saturated rings. The first-order valence-electron chi connectivity index (χ1n) is 4.93. The maximum atomic E-state index is 6.07. The number of nitrogen functional groups attached to an aromatic ring is 1. The van der Waals surface area contributed by atoms with Gasteiger partial charge in [0, 0.05) is 21.9 Å². The molecule has 0 spiro atoms. The number of nitrogens with zero attached hydrogens (tertiary/aromatic N) is 1. The molecule has 1 aromatic heterocycles. The first-order valence-corrected chi connectivity index (χ1v) is 6.67. The van der Waals surface area contributed by atoms with Gasteiger partial charge in [-0.15, -0.1) is 11.8 Å². The maximum absolute atomic E-state index is 6.07. The van der Waals surface area contributed by atoms with Crippen LogP contribution in [0.4, 0.5) is 5.82 Å². The van der Waals surface area contributed by atoms with Gasteiger partial charge >= 0.3 is 0 Å². The first-order chi connectivity index (χ1) is 8.15. The van der Waals surface area contributed by atoms with Crippen LogP contribution < -0.4 is 5.73 Å². The Bertz CT molecular complexity index is 514. The molecule has 0 aliphatic rings. The summed E-state index contributed by atoms with van der Waals surface area (Å²) in [6.07, 6.45) is 1.76. The summed E-state index contributed by atoms with van der Waals surface area (Å²) in [7, 11) is 0. The van der Waals surface area contributed by atoms with Crippen molar-refractivity contribution in [2.45, 2.75) is 10.6 Å². The average molecular weight is 285 g/mol. The topological polar surface area (TPSA) is 38.9 Å². The number of benzene rings is 1. The van der Waals surface area contributed by atoms with Crippen LogP contribution in [-0.4, -0.2) is 4.98 Å². The number of hydrogen-bond donors (Lipinski definition) is 1. The lowest BCUT2D eigenvalue weighted by Gasteiger charge is -2.05. The van der Waals surface area contributed by atoms with Crippen LogP contribution in [0.5, 0.6) is 0 Å². The predicted molar refractivity (Wildman–Crippen MR) is 74.7 cm³/mol. The highest BCUT2D eigenvalue weighted by atomic mass is 35.5. The van der Waals surface area contributed by atoms with Crippen LogP contribution in [0.2, 0.25) is 10.0 Å². The second-order valence-electron chi connectivity index (χ2n) is 3.45. The highest BCUT2D eigenvalue weighted by Crippen LogP contribution is 2.31. The molecule has 1 heterocycles. The van der Waals surface area contributed by atoms with Crippen molar-refractivity contribution in [1.29, 1.82) is 0 Å². The number of rotatable bonds is 3. The van der Waals surface area contributed by atoms with Crippen molar-refractivity contribution in [3.05, 3.63) is 52.1 Å². The number of pyridine rings is 1. The standard InChI is InChI=1S/C12H10Cl2N2S/c13-9-2-3-10(14)11(5-9)17-7-8-1-4-12(15)16-6-8/h1-6H,7H2,(H2,15,16). The molecule has 5 heteroatoms. The third-order valence-electron chi connectivity index (χ3n) is 2.14. The molecule has 88 valence electrons. The molecule has 0 saturated heterocycles. The molecule has 2 aromatic rings. The Morgan fingerprint density at radius 1 is 1.18 bits per heavy atom. The summed E-state index contributed by atoms with van der Waals surface area (Å²) in [6, 6.07) is 9.18. The first kappa shape index (κ1) is 12.6. The van der Waals surface area contributed by atoms with Crippen molar-refractivity contribution in [3.63, 3.8) is 0 Å². The minimum atomic E-state index is 0.527. The van der Waals surface area contributed by atoms with Crippen LogP contribution in [-0.2, 0) is 5.75 Å². The summed E-state index contributed by atoms with van der Waals surface area (Å²) < 4.78 is 0. The minimum Gasteiger partial charge on any atom is -0.384 e. The lowest BCUT2D eigenvalue weighted by atomic mass is 10.3. The Labute approximate surface area is 114 Å². The molecule has 0 atom stereocenters. The van der Waals surface area contributed by atoms with E-state index in [1.165, 1.54) is 0 Å². The van der Waals surface area contributed by atoms with Crippen LogP contribution in [0, 0.1) is 0 Å². The second kappa shape index (κ2) is 5.63. The van der Waals surface area contributed by atoms with Gasteiger partial charge in [-0.3, -0.25) is 0 Å². The lowest BCUT2D eigenvalue weighted by Crippen LogP contribution is -1.90. The van der Waals surface area contributed by atoms with E-state index >= 15 is 0 Å². The Kier molecular flexibility index (Phi) is 4.15. The summed E-state index contributed by atoms with van der Waals surface area (Å²) in [5.74, 6) is 1.31. The normalized spacial score (nSPS) is 10.5. The number of anilines is 1. The molecule has 1 aromatic carbocycles. The van der Waals surface area contributed by atoms with E-state index in [4.69, 9.17) is 28.9 Å². The van der Waals surface area contributed by atoms with E-state index in [1.807, 2.05) is 12.1 Å². The fourth-order valence-electron chi connectivity index (χ4n) is 1.27. The van der Waals surface area contributed by atoms with E-state index in [0.29, 0.717) is 15.9 Å². The third-order valence-corrected chi connectivity index (χ3v) is 3.94. The highest BCUT2D eigenvalue weighted by Gasteiger charge is 2.03. The molecule has 0 radical (unpaired) electrons. The van der Waals surface area contributed by atoms with Gasteiger partial charge in [0.2, 0.25) is 0 Å². The smallest absolute Gasteiger partial charge is 0.123 e. The molecular formula is C12H10Cl2N2S. The monoisotopic (exact) mass is 284 g/mol. The van der Waals surface area contributed by atoms with Crippen LogP contribution in [0.3, 0.4) is 0 Å². The van der Waals surface area contributed by atoms with Gasteiger partial charge in [0.15, 0.2) is 0 Å². The van der Waals surface area contributed by atoms with Gasteiger partial charge in [0.1, 0.15) is 5.82 Å². The van der Waals surface area contributed by atoms with E-state index in [9.17, 15) is 0 Å². The van der Waals surface area contributed by atoms with Crippen LogP contribution in [0.1, 0.15) is 5.56 Å². The van der Waals surface area contributed by atoms with Gasteiger partial charge in [0.25, 0.3) is 0 Å². The van der Waals surface area contributed by atoms with E-state index < -0.39 is 0 Å². The van der Waals surface area contributed by atoms with E-state index in [-0.39, 0.29) is 0 Å². The van der Waals surface area contributed by atoms with E-state index in [0.717, 1.165) is 16.2 Å². The number of halogens is 2. The zero-order chi connectivity index (χ0) is 12.3. The molecule has 17 heavy (non-hydrogen) atoms. The summed E-state index contributed by atoms with van der Waals surface area (Å²) in [5, 5.41) is 1.40. The van der Waals surface area contributed by atoms with Crippen LogP contribution in [0.15, 0.2) is 41.4 Å². The molecule has 2 rings (SSSR count). The van der Waals surface area contributed by atoms with E-state index in [2.05, 4.69) is 4.98 Å². The fourth-order valence-corrected chi connectivity index (χ4v) is 2.70. The van der Waals surface area contributed by atoms with Crippen molar-refractivity contribution >= 4 is 40.8 Å². The third kappa shape index (κ3) is 3.53. The molecular weight excluding hydrogens is 275 g/mol. The minimum absolute atomic E-state index is 0.527. The molecule has 2 nitrogen and oxygen atoms in total. The lowest BCUT2D eigenvalue weighted by molar-refractivity contribution is 1.26. The molecule has 0 aliphatic carbocycles. The molecule has 0 saturated carbocycles. The van der Waals surface area contributed by atoms with Crippen molar-refractivity contribution in [2.24, 2.45) is 0 Å². The van der Waals surface area contributed by atoms with Crippen LogP contribution >= 0.6 is 35.0 Å². The number of aromatic nitrogens is 1. The Morgan fingerprint density at radius 3 is 2.71 bits per heavy atom. The van der Waals surface area contributed by atoms with Gasteiger partial charge in [-0.2, -0.15) is 0 Å². The van der Waals surface area contributed by atoms with E-state index in [1.54, 1.807) is 36.2 Å². The Morgan fingerprint density at radius 2 is 2.00 bits per heavy atom. The zero-order valence-electron chi connectivity index (χ0n) is 8.86. The number of nitrogens with two attached hydrogens (primary N) is 1. The SMILES string of the molecule is Nc1ccc(CSc2cc(Cl)ccc2Cl)cn1. The predicted octanol–water partition coefficient (Wildman–Crippen LogP) is 4.26. The van der Waals surface area contributed by atoms with Crippen molar-refractivity contribution in [3.8, 4) is 0 Å². The van der Waals surface area contributed by atoms with Gasteiger partial charge in [0.05, 0.1) is 5.02 Å². The van der Waals surface area contributed by atoms with Crippen molar-refractivity contribution in [2.75, 3.05) is 5.73 Å². The summed E-state index contributed by atoms with van der Waals surface area (Å²) in [4.78, 5) is 5.01. The molecule has 0 bridgehead atoms. The summed E-state index contributed by atoms with van der Waals surface area (Å²) >= 11 is 13.6. The van der Waals surface area contributed by atoms with Gasteiger partial charge in [-0.05, 0) is 29.8 Å². The number of hydrogen-bond acceptors (Lipinski definition) is 3. The maximum Gasteiger partial charge on any atom is 0.123 e. The molecule has 0 unspecified atom stereocenters. The fraction of sp³-hybridized carbons (Fsp3) is 0.0833. The second-order valence-corrected chi connectivity index (χ2v) is 5.32. The molecule has 0 amide bonds. The van der Waals surface area contributed by atoms with Crippen molar-refractivity contribution < 1.29 is 0 Å². The van der Waals surface area contributed by atoms with Gasteiger partial charge in [-0.25, -0.2) is 4.98 Å². The molecule has 2 N–H and O–H groups in total. The van der Waals surface area contributed by atoms with Crippen LogP contribution in [0.25, 0.3) is 0 Å². The highest BCUT2D eigenvalue weighted by molar-refractivity contribution is 7.98. The quantitative estimate of drug-likeness (QED) is 0.856. The molecule has 0 aliphatic heterocycles. The van der Waals surface area contributed by atoms with Gasteiger partial charge < -0.3 is 5.73 Å². The summed E-state index contributed by atoms with van der Waals surface area (Å²) in [5.41, 5.74) is 6.62. The zero-order valence-corrected chi connectivity index (χ0v) is 11.2. The van der Waals surface area contributed by atoms with Gasteiger partial charge in [-0.1, -0.05) is 29.3 Å². The Hall–Kier alpha value is -0.900. The Balaban J connectivity index is 2.07. The average Bonchev–Trinajstić information content (AvgIpc) is 2.32. The van der Waals surface area contributed by atoms with Crippen molar-refractivity contribution in [1.82, 2.24) is 4.98 Å². The summed E-state index contributed by atoms with van der Waals surface area (Å²) in [6.45, 7) is 0. The largest absolute Gasteiger partial charge is 0.384 e.